The number of nitrogens with zero attached hydrogens (tertiary/aromatic N) is 5. The zero-order chi connectivity index (χ0) is 32.7. The second kappa shape index (κ2) is 15.3. The molecule has 17 heteroatoms. The Hall–Kier alpha value is -3.61. The highest BCUT2D eigenvalue weighted by Crippen LogP contribution is 2.33. The number of thiazole rings is 1. The molecule has 2 aromatic heterocycles. The van der Waals surface area contributed by atoms with Crippen LogP contribution in [0.2, 0.25) is 0 Å². The molecule has 0 saturated carbocycles. The van der Waals surface area contributed by atoms with E-state index in [1.165, 1.54) is 30.3 Å². The lowest BCUT2D eigenvalue weighted by Crippen LogP contribution is -2.41. The van der Waals surface area contributed by atoms with Crippen molar-refractivity contribution >= 4 is 49.6 Å². The van der Waals surface area contributed by atoms with Crippen molar-refractivity contribution in [3.63, 3.8) is 0 Å². The fourth-order valence-corrected chi connectivity index (χ4v) is 5.89. The van der Waals surface area contributed by atoms with Crippen LogP contribution in [0, 0.1) is 5.82 Å². The topological polar surface area (TPSA) is 132 Å². The van der Waals surface area contributed by atoms with Crippen LogP contribution < -0.4 is 21.1 Å². The molecular formula is C29H36F4N8O4S. The van der Waals surface area contributed by atoms with Crippen LogP contribution in [0.1, 0.15) is 10.4 Å². The van der Waals surface area contributed by atoms with Gasteiger partial charge in [0.2, 0.25) is 5.95 Å². The Morgan fingerprint density at radius 2 is 1.67 bits per heavy atom. The lowest BCUT2D eigenvalue weighted by molar-refractivity contribution is -0.274. The Morgan fingerprint density at radius 1 is 1.00 bits per heavy atom. The third-order valence-electron chi connectivity index (χ3n) is 7.39. The molecule has 12 nitrogen and oxygen atoms in total. The van der Waals surface area contributed by atoms with Crippen LogP contribution in [0.3, 0.4) is 0 Å². The fraction of sp³-hybridized carbons (Fsp3) is 0.483. The molecule has 4 N–H and O–H groups in total. The molecule has 0 radical (unpaired) electrons. The van der Waals surface area contributed by atoms with Gasteiger partial charge in [-0.15, -0.1) is 13.2 Å². The van der Waals surface area contributed by atoms with Gasteiger partial charge in [0.25, 0.3) is 5.91 Å². The molecule has 1 amide bonds. The van der Waals surface area contributed by atoms with E-state index < -0.39 is 18.1 Å². The van der Waals surface area contributed by atoms with Gasteiger partial charge in [-0.05, 0) is 18.2 Å². The maximum absolute atomic E-state index is 14.8. The minimum absolute atomic E-state index is 0.115. The maximum atomic E-state index is 14.8. The second-order valence-electron chi connectivity index (χ2n) is 10.6. The van der Waals surface area contributed by atoms with Crippen LogP contribution >= 0.6 is 11.3 Å². The zero-order valence-corrected chi connectivity index (χ0v) is 26.1. The molecule has 2 aromatic carbocycles. The van der Waals surface area contributed by atoms with Gasteiger partial charge in [0.1, 0.15) is 11.6 Å². The van der Waals surface area contributed by atoms with Crippen LogP contribution in [-0.4, -0.2) is 115 Å². The summed E-state index contributed by atoms with van der Waals surface area (Å²) in [6.07, 6.45) is -4.79. The highest BCUT2D eigenvalue weighted by molar-refractivity contribution is 7.22. The van der Waals surface area contributed by atoms with Gasteiger partial charge in [-0.1, -0.05) is 11.3 Å². The maximum Gasteiger partial charge on any atom is 0.573 e. The summed E-state index contributed by atoms with van der Waals surface area (Å²) in [4.78, 5) is 25.9. The number of aromatic nitrogens is 3. The van der Waals surface area contributed by atoms with Gasteiger partial charge in [-0.2, -0.15) is 0 Å². The van der Waals surface area contributed by atoms with E-state index in [0.717, 1.165) is 63.8 Å². The summed E-state index contributed by atoms with van der Waals surface area (Å²) in [6, 6.07) is 6.49. The molecule has 4 heterocycles. The molecule has 0 bridgehead atoms. The van der Waals surface area contributed by atoms with Crippen molar-refractivity contribution in [1.82, 2.24) is 29.7 Å². The number of amides is 1. The number of hydrogen-bond acceptors (Lipinski definition) is 11. The molecule has 250 valence electrons. The average Bonchev–Trinajstić information content (AvgIpc) is 3.56. The van der Waals surface area contributed by atoms with Crippen molar-refractivity contribution < 1.29 is 36.6 Å². The van der Waals surface area contributed by atoms with E-state index in [1.807, 2.05) is 0 Å². The normalized spacial score (nSPS) is 16.3. The first-order chi connectivity index (χ1) is 22.1. The number of imidazole rings is 1. The van der Waals surface area contributed by atoms with Crippen molar-refractivity contribution in [2.75, 3.05) is 84.1 Å². The number of aryl methyl sites for hydroxylation is 1. The molecule has 0 aliphatic carbocycles. The molecule has 0 spiro atoms. The molecule has 2 aliphatic heterocycles. The van der Waals surface area contributed by atoms with Crippen molar-refractivity contribution in [3.8, 4) is 5.75 Å². The summed E-state index contributed by atoms with van der Waals surface area (Å²) < 4.78 is 68.8. The van der Waals surface area contributed by atoms with E-state index in [2.05, 4.69) is 35.1 Å². The summed E-state index contributed by atoms with van der Waals surface area (Å²) in [5.41, 5.74) is 6.58. The average molecular weight is 669 g/mol. The number of anilines is 2. The predicted octanol–water partition coefficient (Wildman–Crippen LogP) is 3.30. The Labute approximate surface area is 266 Å². The van der Waals surface area contributed by atoms with E-state index in [0.29, 0.717) is 58.6 Å². The van der Waals surface area contributed by atoms with Gasteiger partial charge in [-0.25, -0.2) is 14.4 Å². The van der Waals surface area contributed by atoms with E-state index in [4.69, 9.17) is 15.2 Å². The summed E-state index contributed by atoms with van der Waals surface area (Å²) in [6.45, 7) is 9.53. The summed E-state index contributed by atoms with van der Waals surface area (Å²) in [7, 11) is 1.67. The van der Waals surface area contributed by atoms with Crippen molar-refractivity contribution in [2.24, 2.45) is 12.8 Å². The first-order valence-corrected chi connectivity index (χ1v) is 15.6. The van der Waals surface area contributed by atoms with E-state index in [9.17, 15) is 22.4 Å². The number of hydrogen-bond donors (Lipinski definition) is 3. The standard InChI is InChI=1S/C23H22F4N6O3S.C6H14N2O/c1-32-18-12-15(24)14(20(34)28-4-5-33-6-8-35-9-7-33)11-17(18)29-21(32)31-22-30-16-3-2-13(10-19(16)37-22)36-23(25,26)27;7-1-2-8-3-5-9-6-4-8/h2-3,10-12H,4-9H2,1H3,(H,28,34)(H,29,30,31);1-7H2. The second-order valence-corrected chi connectivity index (χ2v) is 11.6. The van der Waals surface area contributed by atoms with Gasteiger partial charge in [0.05, 0.1) is 53.2 Å². The number of alkyl halides is 3. The SMILES string of the molecule is Cn1c(Nc2nc3ccc(OC(F)(F)F)cc3s2)nc2cc(C(=O)NCCN3CCOCC3)c(F)cc21.NCCN1CCOCC1. The fourth-order valence-electron chi connectivity index (χ4n) is 5.00. The number of halogens is 4. The number of carbonyl (C=O) groups excluding carboxylic acids is 1. The number of fused-ring (bicyclic) bond motifs is 2. The number of morpholine rings is 2. The summed E-state index contributed by atoms with van der Waals surface area (Å²) >= 11 is 1.11. The third kappa shape index (κ3) is 9.01. The van der Waals surface area contributed by atoms with E-state index in [-0.39, 0.29) is 11.3 Å². The van der Waals surface area contributed by atoms with Crippen LogP contribution in [0.25, 0.3) is 21.3 Å². The Kier molecular flexibility index (Phi) is 11.2. The molecule has 4 aromatic rings. The minimum Gasteiger partial charge on any atom is -0.406 e. The number of ether oxygens (including phenoxy) is 3. The number of rotatable bonds is 9. The number of carbonyl (C=O) groups is 1. The lowest BCUT2D eigenvalue weighted by Gasteiger charge is -2.26. The highest BCUT2D eigenvalue weighted by Gasteiger charge is 2.31. The van der Waals surface area contributed by atoms with E-state index in [1.54, 1.807) is 11.6 Å². The Balaban J connectivity index is 0.000000400. The Morgan fingerprint density at radius 3 is 2.33 bits per heavy atom. The van der Waals surface area contributed by atoms with Gasteiger partial charge in [0, 0.05) is 71.5 Å². The third-order valence-corrected chi connectivity index (χ3v) is 8.33. The highest BCUT2D eigenvalue weighted by atomic mass is 32.1. The molecule has 0 unspecified atom stereocenters. The summed E-state index contributed by atoms with van der Waals surface area (Å²) in [5, 5.41) is 6.14. The van der Waals surface area contributed by atoms with Gasteiger partial charge >= 0.3 is 6.36 Å². The number of benzene rings is 2. The molecule has 6 rings (SSSR count). The molecule has 0 atom stereocenters. The van der Waals surface area contributed by atoms with E-state index >= 15 is 0 Å². The quantitative estimate of drug-likeness (QED) is 0.229. The van der Waals surface area contributed by atoms with Crippen LogP contribution in [0.15, 0.2) is 30.3 Å². The first-order valence-electron chi connectivity index (χ1n) is 14.8. The Bertz CT molecular complexity index is 1620. The van der Waals surface area contributed by atoms with Gasteiger partial charge in [0.15, 0.2) is 5.13 Å². The largest absolute Gasteiger partial charge is 0.573 e. The van der Waals surface area contributed by atoms with Crippen molar-refractivity contribution in [2.45, 2.75) is 6.36 Å². The predicted molar refractivity (Wildman–Crippen MR) is 166 cm³/mol. The monoisotopic (exact) mass is 668 g/mol. The van der Waals surface area contributed by atoms with Crippen LogP contribution in [-0.2, 0) is 16.5 Å². The zero-order valence-electron chi connectivity index (χ0n) is 25.2. The summed E-state index contributed by atoms with van der Waals surface area (Å²) in [5.74, 6) is -1.23. The lowest BCUT2D eigenvalue weighted by atomic mass is 10.1. The molecule has 2 aliphatic rings. The van der Waals surface area contributed by atoms with Gasteiger partial charge in [-0.3, -0.25) is 14.6 Å². The molecule has 46 heavy (non-hydrogen) atoms. The number of nitrogens with two attached hydrogens (primary N) is 1. The molecular weight excluding hydrogens is 632 g/mol. The van der Waals surface area contributed by atoms with Crippen LogP contribution in [0.4, 0.5) is 28.6 Å². The smallest absolute Gasteiger partial charge is 0.406 e. The molecule has 2 saturated heterocycles. The van der Waals surface area contributed by atoms with Crippen molar-refractivity contribution in [3.05, 3.63) is 41.7 Å². The van der Waals surface area contributed by atoms with Crippen LogP contribution in [0.5, 0.6) is 5.75 Å². The minimum atomic E-state index is -4.79. The molecule has 2 fully saturated rings. The van der Waals surface area contributed by atoms with Gasteiger partial charge < -0.3 is 35.1 Å². The van der Waals surface area contributed by atoms with Crippen molar-refractivity contribution in [1.29, 1.82) is 0 Å². The first kappa shape index (κ1) is 33.7. The number of nitrogens with one attached hydrogen (secondary N) is 2.